The van der Waals surface area contributed by atoms with Crippen LogP contribution in [0.1, 0.15) is 20.3 Å². The van der Waals surface area contributed by atoms with Gasteiger partial charge in [0.05, 0.1) is 0 Å². The molecule has 2 rings (SSSR count). The van der Waals surface area contributed by atoms with Gasteiger partial charge >= 0.3 is 0 Å². The Hall–Kier alpha value is -1.55. The number of nitrogens with zero attached hydrogens (tertiary/aromatic N) is 1. The molecule has 0 radical (unpaired) electrons. The summed E-state index contributed by atoms with van der Waals surface area (Å²) in [5.41, 5.74) is 8.55. The second-order valence-electron chi connectivity index (χ2n) is 5.09. The molecule has 0 bridgehead atoms. The van der Waals surface area contributed by atoms with Gasteiger partial charge in [0.25, 0.3) is 0 Å². The van der Waals surface area contributed by atoms with Crippen LogP contribution >= 0.6 is 0 Å². The van der Waals surface area contributed by atoms with Crippen LogP contribution in [0.4, 0.5) is 5.69 Å². The highest BCUT2D eigenvalue weighted by Crippen LogP contribution is 2.22. The standard InChI is InChI=1S/C13H19N3O/c1-13(2,5-6-14)8-15-10-3-4-11-12(7-10)17-9-16-11/h3-4,7,9,15H,5-6,8,14H2,1-2H3. The Morgan fingerprint density at radius 3 is 3.00 bits per heavy atom. The summed E-state index contributed by atoms with van der Waals surface area (Å²) in [4.78, 5) is 4.09. The van der Waals surface area contributed by atoms with Gasteiger partial charge in [-0.15, -0.1) is 0 Å². The van der Waals surface area contributed by atoms with Crippen molar-refractivity contribution >= 4 is 16.8 Å². The largest absolute Gasteiger partial charge is 0.443 e. The molecular formula is C13H19N3O. The Morgan fingerprint density at radius 2 is 2.24 bits per heavy atom. The van der Waals surface area contributed by atoms with Gasteiger partial charge in [0, 0.05) is 18.3 Å². The second kappa shape index (κ2) is 4.75. The molecule has 17 heavy (non-hydrogen) atoms. The Balaban J connectivity index is 2.03. The van der Waals surface area contributed by atoms with Gasteiger partial charge in [-0.25, -0.2) is 4.98 Å². The van der Waals surface area contributed by atoms with Gasteiger partial charge < -0.3 is 15.5 Å². The quantitative estimate of drug-likeness (QED) is 0.833. The highest BCUT2D eigenvalue weighted by Gasteiger charge is 2.16. The summed E-state index contributed by atoms with van der Waals surface area (Å²) in [6.45, 7) is 6.03. The lowest BCUT2D eigenvalue weighted by molar-refractivity contribution is 0.365. The van der Waals surface area contributed by atoms with Crippen molar-refractivity contribution in [2.45, 2.75) is 20.3 Å². The Labute approximate surface area is 101 Å². The van der Waals surface area contributed by atoms with E-state index < -0.39 is 0 Å². The van der Waals surface area contributed by atoms with E-state index in [9.17, 15) is 0 Å². The van der Waals surface area contributed by atoms with Crippen LogP contribution in [0, 0.1) is 5.41 Å². The van der Waals surface area contributed by atoms with Crippen molar-refractivity contribution < 1.29 is 4.42 Å². The molecule has 4 heteroatoms. The van der Waals surface area contributed by atoms with Gasteiger partial charge in [0.1, 0.15) is 5.52 Å². The average molecular weight is 233 g/mol. The summed E-state index contributed by atoms with van der Waals surface area (Å²) < 4.78 is 5.27. The smallest absolute Gasteiger partial charge is 0.181 e. The third kappa shape index (κ3) is 2.97. The number of hydrogen-bond acceptors (Lipinski definition) is 4. The molecule has 0 saturated carbocycles. The number of nitrogens with one attached hydrogen (secondary N) is 1. The van der Waals surface area contributed by atoms with E-state index in [0.29, 0.717) is 0 Å². The first-order valence-corrected chi connectivity index (χ1v) is 5.88. The van der Waals surface area contributed by atoms with Crippen LogP contribution in [0.25, 0.3) is 11.1 Å². The number of oxazole rings is 1. The average Bonchev–Trinajstić information content (AvgIpc) is 2.73. The molecule has 0 unspecified atom stereocenters. The zero-order valence-corrected chi connectivity index (χ0v) is 10.4. The molecule has 0 aliphatic rings. The second-order valence-corrected chi connectivity index (χ2v) is 5.09. The summed E-state index contributed by atoms with van der Waals surface area (Å²) in [5.74, 6) is 0. The van der Waals surface area contributed by atoms with Crippen molar-refractivity contribution in [3.05, 3.63) is 24.6 Å². The maximum Gasteiger partial charge on any atom is 0.181 e. The van der Waals surface area contributed by atoms with E-state index in [1.807, 2.05) is 18.2 Å². The van der Waals surface area contributed by atoms with E-state index in [2.05, 4.69) is 24.1 Å². The van der Waals surface area contributed by atoms with Crippen LogP contribution in [0.15, 0.2) is 29.0 Å². The van der Waals surface area contributed by atoms with Gasteiger partial charge in [-0.05, 0) is 30.5 Å². The van der Waals surface area contributed by atoms with Crippen molar-refractivity contribution in [3.63, 3.8) is 0 Å². The van der Waals surface area contributed by atoms with Crippen molar-refractivity contribution in [1.82, 2.24) is 4.98 Å². The molecule has 0 aliphatic carbocycles. The minimum absolute atomic E-state index is 0.200. The molecule has 92 valence electrons. The summed E-state index contributed by atoms with van der Waals surface area (Å²) in [6, 6.07) is 5.95. The van der Waals surface area contributed by atoms with E-state index in [1.165, 1.54) is 6.39 Å². The summed E-state index contributed by atoms with van der Waals surface area (Å²) >= 11 is 0. The van der Waals surface area contributed by atoms with Crippen molar-refractivity contribution in [1.29, 1.82) is 0 Å². The predicted octanol–water partition coefficient (Wildman–Crippen LogP) is 2.61. The Morgan fingerprint density at radius 1 is 1.41 bits per heavy atom. The molecular weight excluding hydrogens is 214 g/mol. The van der Waals surface area contributed by atoms with E-state index in [1.54, 1.807) is 0 Å². The normalized spacial score (nSPS) is 11.9. The first-order valence-electron chi connectivity index (χ1n) is 5.88. The Bertz CT molecular complexity index is 490. The van der Waals surface area contributed by atoms with Gasteiger partial charge in [0.2, 0.25) is 0 Å². The number of benzene rings is 1. The third-order valence-corrected chi connectivity index (χ3v) is 2.92. The van der Waals surface area contributed by atoms with Crippen LogP contribution in [-0.2, 0) is 0 Å². The van der Waals surface area contributed by atoms with Crippen LogP contribution in [-0.4, -0.2) is 18.1 Å². The van der Waals surface area contributed by atoms with Gasteiger partial charge in [-0.2, -0.15) is 0 Å². The zero-order chi connectivity index (χ0) is 12.3. The molecule has 1 aromatic heterocycles. The number of anilines is 1. The number of nitrogens with two attached hydrogens (primary N) is 1. The molecule has 3 N–H and O–H groups in total. The maximum atomic E-state index is 5.59. The highest BCUT2D eigenvalue weighted by molar-refractivity contribution is 5.76. The Kier molecular flexibility index (Phi) is 3.33. The van der Waals surface area contributed by atoms with Gasteiger partial charge in [-0.3, -0.25) is 0 Å². The lowest BCUT2D eigenvalue weighted by atomic mass is 9.89. The summed E-state index contributed by atoms with van der Waals surface area (Å²) in [6.07, 6.45) is 2.47. The van der Waals surface area contributed by atoms with E-state index >= 15 is 0 Å². The first kappa shape index (κ1) is 11.9. The fourth-order valence-electron chi connectivity index (χ4n) is 1.79. The van der Waals surface area contributed by atoms with Crippen molar-refractivity contribution in [2.75, 3.05) is 18.4 Å². The predicted molar refractivity (Wildman–Crippen MR) is 70.0 cm³/mol. The highest BCUT2D eigenvalue weighted by atomic mass is 16.3. The monoisotopic (exact) mass is 233 g/mol. The lowest BCUT2D eigenvalue weighted by Gasteiger charge is -2.24. The van der Waals surface area contributed by atoms with Crippen LogP contribution in [0.3, 0.4) is 0 Å². The molecule has 0 spiro atoms. The first-order chi connectivity index (χ1) is 8.11. The van der Waals surface area contributed by atoms with Gasteiger partial charge in [0.15, 0.2) is 12.0 Å². The molecule has 2 aromatic rings. The molecule has 1 heterocycles. The van der Waals surface area contributed by atoms with E-state index in [4.69, 9.17) is 10.2 Å². The van der Waals surface area contributed by atoms with Gasteiger partial charge in [-0.1, -0.05) is 13.8 Å². The third-order valence-electron chi connectivity index (χ3n) is 2.92. The SMILES string of the molecule is CC(C)(CCN)CNc1ccc2ncoc2c1. The lowest BCUT2D eigenvalue weighted by Crippen LogP contribution is -2.26. The van der Waals surface area contributed by atoms with Crippen LogP contribution < -0.4 is 11.1 Å². The molecule has 4 nitrogen and oxygen atoms in total. The fourth-order valence-corrected chi connectivity index (χ4v) is 1.79. The van der Waals surface area contributed by atoms with E-state index in [0.717, 1.165) is 36.3 Å². The molecule has 0 amide bonds. The zero-order valence-electron chi connectivity index (χ0n) is 10.4. The number of fused-ring (bicyclic) bond motifs is 1. The topological polar surface area (TPSA) is 64.1 Å². The van der Waals surface area contributed by atoms with Crippen molar-refractivity contribution in [2.24, 2.45) is 11.1 Å². The molecule has 0 aliphatic heterocycles. The maximum absolute atomic E-state index is 5.59. The van der Waals surface area contributed by atoms with Crippen LogP contribution in [0.5, 0.6) is 0 Å². The fraction of sp³-hybridized carbons (Fsp3) is 0.462. The van der Waals surface area contributed by atoms with Crippen molar-refractivity contribution in [3.8, 4) is 0 Å². The minimum Gasteiger partial charge on any atom is -0.443 e. The van der Waals surface area contributed by atoms with E-state index in [-0.39, 0.29) is 5.41 Å². The molecule has 0 atom stereocenters. The number of aromatic nitrogens is 1. The number of hydrogen-bond donors (Lipinski definition) is 2. The molecule has 1 aromatic carbocycles. The molecule has 0 saturated heterocycles. The number of rotatable bonds is 5. The summed E-state index contributed by atoms with van der Waals surface area (Å²) in [7, 11) is 0. The molecule has 0 fully saturated rings. The summed E-state index contributed by atoms with van der Waals surface area (Å²) in [5, 5.41) is 3.41. The van der Waals surface area contributed by atoms with Crippen LogP contribution in [0.2, 0.25) is 0 Å². The minimum atomic E-state index is 0.200.